The normalized spacial score (nSPS) is 15.3. The molecule has 0 aliphatic carbocycles. The first kappa shape index (κ1) is 21.9. The Morgan fingerprint density at radius 2 is 1.94 bits per heavy atom. The minimum absolute atomic E-state index is 0.752. The smallest absolute Gasteiger partial charge is 0.159 e. The van der Waals surface area contributed by atoms with Crippen molar-refractivity contribution in [2.75, 3.05) is 32.1 Å². The molecule has 0 spiro atoms. The predicted molar refractivity (Wildman–Crippen MR) is 141 cm³/mol. The fourth-order valence-electron chi connectivity index (χ4n) is 4.63. The van der Waals surface area contributed by atoms with E-state index in [1.807, 2.05) is 32.6 Å². The summed E-state index contributed by atoms with van der Waals surface area (Å²) in [5.74, 6) is 0.752. The zero-order valence-electron chi connectivity index (χ0n) is 20.1. The van der Waals surface area contributed by atoms with E-state index in [0.29, 0.717) is 0 Å². The third-order valence-corrected chi connectivity index (χ3v) is 6.53. The number of pyridine rings is 1. The van der Waals surface area contributed by atoms with Gasteiger partial charge in [0.15, 0.2) is 5.82 Å². The van der Waals surface area contributed by atoms with E-state index in [1.54, 1.807) is 0 Å². The van der Waals surface area contributed by atoms with Crippen molar-refractivity contribution in [2.45, 2.75) is 26.2 Å². The van der Waals surface area contributed by atoms with E-state index in [0.717, 1.165) is 69.1 Å². The highest BCUT2D eigenvalue weighted by atomic mass is 15.2. The summed E-state index contributed by atoms with van der Waals surface area (Å²) >= 11 is 0. The molecule has 174 valence electrons. The molecular formula is C27H31N7. The standard InChI is InChI=1S/C27H31N7/c1-5-18(14-20(6-2)33(3)4)19-10-11-22-21(15-19)25(32-31-22)27-29-23-16-28-17-24(26(23)30-27)34-12-8-7-9-13-34/h5-6,10-11,14-17H,2,7-9,12-13H2,1,3-4H3,(H,29,30)(H,31,32)/b18-5+,20-14+. The number of likely N-dealkylation sites (N-methyl/N-ethyl adjacent to an activating group) is 1. The summed E-state index contributed by atoms with van der Waals surface area (Å²) in [5, 5.41) is 8.82. The Morgan fingerprint density at radius 1 is 1.12 bits per heavy atom. The number of nitrogens with one attached hydrogen (secondary N) is 2. The topological polar surface area (TPSA) is 76.7 Å². The zero-order valence-corrected chi connectivity index (χ0v) is 20.1. The van der Waals surface area contributed by atoms with E-state index in [4.69, 9.17) is 4.98 Å². The van der Waals surface area contributed by atoms with E-state index in [9.17, 15) is 0 Å². The number of imidazole rings is 1. The van der Waals surface area contributed by atoms with Crippen LogP contribution in [0, 0.1) is 0 Å². The Labute approximate surface area is 199 Å². The maximum Gasteiger partial charge on any atom is 0.159 e. The van der Waals surface area contributed by atoms with Crippen molar-refractivity contribution in [1.29, 1.82) is 0 Å². The molecule has 1 saturated heterocycles. The molecule has 1 aliphatic heterocycles. The quantitative estimate of drug-likeness (QED) is 0.376. The van der Waals surface area contributed by atoms with Gasteiger partial charge in [-0.3, -0.25) is 10.1 Å². The van der Waals surface area contributed by atoms with Crippen molar-refractivity contribution in [2.24, 2.45) is 0 Å². The Bertz CT molecular complexity index is 1400. The van der Waals surface area contributed by atoms with Gasteiger partial charge in [-0.1, -0.05) is 18.7 Å². The number of aromatic amines is 2. The Kier molecular flexibility index (Phi) is 5.92. The number of fused-ring (bicyclic) bond motifs is 2. The van der Waals surface area contributed by atoms with Crippen LogP contribution < -0.4 is 4.90 Å². The van der Waals surface area contributed by atoms with Crippen LogP contribution in [0.5, 0.6) is 0 Å². The molecule has 3 aromatic heterocycles. The van der Waals surface area contributed by atoms with E-state index in [2.05, 4.69) is 73.8 Å². The molecular weight excluding hydrogens is 422 g/mol. The number of hydrogen-bond acceptors (Lipinski definition) is 5. The number of H-pyrrole nitrogens is 2. The molecule has 0 saturated carbocycles. The van der Waals surface area contributed by atoms with Crippen LogP contribution in [0.1, 0.15) is 31.7 Å². The van der Waals surface area contributed by atoms with E-state index in [1.165, 1.54) is 19.3 Å². The van der Waals surface area contributed by atoms with Crippen LogP contribution in [-0.2, 0) is 0 Å². The van der Waals surface area contributed by atoms with E-state index < -0.39 is 0 Å². The van der Waals surface area contributed by atoms with Gasteiger partial charge in [0.2, 0.25) is 0 Å². The van der Waals surface area contributed by atoms with Crippen molar-refractivity contribution < 1.29 is 0 Å². The molecule has 0 amide bonds. The molecule has 4 heterocycles. The van der Waals surface area contributed by atoms with Gasteiger partial charge in [0.25, 0.3) is 0 Å². The first-order chi connectivity index (χ1) is 16.6. The summed E-state index contributed by atoms with van der Waals surface area (Å²) in [6.07, 6.45) is 13.6. The lowest BCUT2D eigenvalue weighted by molar-refractivity contribution is 0.530. The Hall–Kier alpha value is -3.87. The van der Waals surface area contributed by atoms with Crippen molar-refractivity contribution >= 4 is 33.2 Å². The minimum Gasteiger partial charge on any atom is -0.378 e. The third-order valence-electron chi connectivity index (χ3n) is 6.53. The molecule has 2 N–H and O–H groups in total. The highest BCUT2D eigenvalue weighted by Crippen LogP contribution is 2.32. The summed E-state index contributed by atoms with van der Waals surface area (Å²) < 4.78 is 0. The van der Waals surface area contributed by atoms with Crippen molar-refractivity contribution in [3.63, 3.8) is 0 Å². The van der Waals surface area contributed by atoms with Gasteiger partial charge in [-0.2, -0.15) is 5.10 Å². The Balaban J connectivity index is 1.58. The number of aromatic nitrogens is 5. The van der Waals surface area contributed by atoms with Crippen LogP contribution in [0.25, 0.3) is 39.0 Å². The number of allylic oxidation sites excluding steroid dienone is 4. The summed E-state index contributed by atoms with van der Waals surface area (Å²) in [7, 11) is 4.04. The first-order valence-corrected chi connectivity index (χ1v) is 11.8. The maximum atomic E-state index is 4.99. The minimum atomic E-state index is 0.752. The first-order valence-electron chi connectivity index (χ1n) is 11.8. The average molecular weight is 454 g/mol. The molecule has 0 atom stereocenters. The second-order valence-electron chi connectivity index (χ2n) is 8.93. The fourth-order valence-corrected chi connectivity index (χ4v) is 4.63. The Morgan fingerprint density at radius 3 is 2.68 bits per heavy atom. The van der Waals surface area contributed by atoms with Crippen LogP contribution in [0.15, 0.2) is 61.1 Å². The molecule has 1 fully saturated rings. The van der Waals surface area contributed by atoms with E-state index >= 15 is 0 Å². The lowest BCUT2D eigenvalue weighted by atomic mass is 10.0. The highest BCUT2D eigenvalue weighted by Gasteiger charge is 2.19. The molecule has 1 aromatic carbocycles. The van der Waals surface area contributed by atoms with Gasteiger partial charge in [-0.25, -0.2) is 4.98 Å². The van der Waals surface area contributed by atoms with Crippen molar-refractivity contribution in [3.05, 3.63) is 66.7 Å². The molecule has 7 heteroatoms. The van der Waals surface area contributed by atoms with Gasteiger partial charge in [-0.05, 0) is 61.6 Å². The van der Waals surface area contributed by atoms with Crippen LogP contribution in [-0.4, -0.2) is 57.2 Å². The van der Waals surface area contributed by atoms with Crippen LogP contribution in [0.3, 0.4) is 0 Å². The number of piperidine rings is 1. The molecule has 1 aliphatic rings. The second kappa shape index (κ2) is 9.17. The number of nitrogens with zero attached hydrogens (tertiary/aromatic N) is 5. The van der Waals surface area contributed by atoms with Crippen LogP contribution in [0.4, 0.5) is 5.69 Å². The monoisotopic (exact) mass is 453 g/mol. The summed E-state index contributed by atoms with van der Waals surface area (Å²) in [6, 6.07) is 6.36. The summed E-state index contributed by atoms with van der Waals surface area (Å²) in [4.78, 5) is 17.4. The van der Waals surface area contributed by atoms with Gasteiger partial charge in [0.05, 0.1) is 29.1 Å². The molecule has 0 bridgehead atoms. The van der Waals surface area contributed by atoms with Crippen molar-refractivity contribution in [3.8, 4) is 11.5 Å². The summed E-state index contributed by atoms with van der Waals surface area (Å²) in [5.41, 5.74) is 8.07. The third kappa shape index (κ3) is 3.98. The van der Waals surface area contributed by atoms with Gasteiger partial charge in [-0.15, -0.1) is 0 Å². The average Bonchev–Trinajstić information content (AvgIpc) is 3.48. The number of hydrogen-bond donors (Lipinski definition) is 2. The zero-order chi connectivity index (χ0) is 23.7. The molecule has 0 unspecified atom stereocenters. The molecule has 7 nitrogen and oxygen atoms in total. The molecule has 0 radical (unpaired) electrons. The molecule has 5 rings (SSSR count). The highest BCUT2D eigenvalue weighted by molar-refractivity contribution is 5.97. The summed E-state index contributed by atoms with van der Waals surface area (Å²) in [6.45, 7) is 8.10. The lowest BCUT2D eigenvalue weighted by Gasteiger charge is -2.28. The lowest BCUT2D eigenvalue weighted by Crippen LogP contribution is -2.29. The fraction of sp³-hybridized carbons (Fsp3) is 0.296. The van der Waals surface area contributed by atoms with Gasteiger partial charge in [0, 0.05) is 38.3 Å². The van der Waals surface area contributed by atoms with Gasteiger partial charge < -0.3 is 14.8 Å². The van der Waals surface area contributed by atoms with Gasteiger partial charge >= 0.3 is 0 Å². The maximum absolute atomic E-state index is 4.99. The number of benzene rings is 1. The van der Waals surface area contributed by atoms with Gasteiger partial charge in [0.1, 0.15) is 11.2 Å². The van der Waals surface area contributed by atoms with Crippen LogP contribution in [0.2, 0.25) is 0 Å². The molecule has 34 heavy (non-hydrogen) atoms. The van der Waals surface area contributed by atoms with E-state index in [-0.39, 0.29) is 0 Å². The molecule has 4 aromatic rings. The SMILES string of the molecule is C=C/C(=C\C(=C/C)c1ccc2[nH]nc(-c3nc4c(N5CCCCC5)cncc4[nH]3)c2c1)N(C)C. The van der Waals surface area contributed by atoms with Crippen molar-refractivity contribution in [1.82, 2.24) is 30.0 Å². The number of rotatable bonds is 6. The largest absolute Gasteiger partial charge is 0.378 e. The van der Waals surface area contributed by atoms with Crippen LogP contribution >= 0.6 is 0 Å². The number of anilines is 1. The second-order valence-corrected chi connectivity index (χ2v) is 8.93. The predicted octanol–water partition coefficient (Wildman–Crippen LogP) is 5.53.